The summed E-state index contributed by atoms with van der Waals surface area (Å²) < 4.78 is 5.58. The summed E-state index contributed by atoms with van der Waals surface area (Å²) in [6, 6.07) is 0. The molecule has 0 bridgehead atoms. The van der Waals surface area contributed by atoms with Crippen LogP contribution in [0.15, 0.2) is 12.2 Å². The van der Waals surface area contributed by atoms with Crippen molar-refractivity contribution in [3.8, 4) is 0 Å². The van der Waals surface area contributed by atoms with Crippen LogP contribution in [0, 0.1) is 0 Å². The molecule has 0 fully saturated rings. The predicted octanol–water partition coefficient (Wildman–Crippen LogP) is 4.86. The largest absolute Gasteiger partial charge is 0.381 e. The number of rotatable bonds is 0. The second-order valence-electron chi connectivity index (χ2n) is 4.84. The Bertz CT molecular complexity index is 145. The molecule has 1 heterocycles. The van der Waals surface area contributed by atoms with Crippen molar-refractivity contribution in [2.75, 3.05) is 13.2 Å². The fraction of sp³-hybridized carbons (Fsp3) is 0.867. The van der Waals surface area contributed by atoms with Crippen LogP contribution < -0.4 is 0 Å². The van der Waals surface area contributed by atoms with Crippen LogP contribution in [0.5, 0.6) is 0 Å². The van der Waals surface area contributed by atoms with Gasteiger partial charge >= 0.3 is 0 Å². The Balaban J connectivity index is 2.07. The van der Waals surface area contributed by atoms with Crippen LogP contribution in [0.2, 0.25) is 0 Å². The Morgan fingerprint density at radius 2 is 1.06 bits per heavy atom. The third kappa shape index (κ3) is 8.96. The zero-order valence-corrected chi connectivity index (χ0v) is 10.8. The maximum Gasteiger partial charge on any atom is 0.0500 e. The van der Waals surface area contributed by atoms with Crippen molar-refractivity contribution in [3.05, 3.63) is 12.2 Å². The Kier molecular flexibility index (Phi) is 9.63. The van der Waals surface area contributed by atoms with Crippen molar-refractivity contribution in [3.63, 3.8) is 0 Å². The van der Waals surface area contributed by atoms with Crippen molar-refractivity contribution < 1.29 is 4.74 Å². The van der Waals surface area contributed by atoms with E-state index in [9.17, 15) is 0 Å². The van der Waals surface area contributed by atoms with E-state index in [-0.39, 0.29) is 0 Å². The molecule has 0 aromatic carbocycles. The molecule has 1 aliphatic heterocycles. The molecular weight excluding hydrogens is 196 g/mol. The molecule has 0 atom stereocenters. The van der Waals surface area contributed by atoms with Gasteiger partial charge in [0.1, 0.15) is 0 Å². The van der Waals surface area contributed by atoms with Gasteiger partial charge in [0.05, 0.1) is 6.61 Å². The average Bonchev–Trinajstić information content (AvgIpc) is 2.29. The molecule has 0 unspecified atom stereocenters. The molecular formula is C15H28O. The van der Waals surface area contributed by atoms with Crippen LogP contribution >= 0.6 is 0 Å². The van der Waals surface area contributed by atoms with E-state index in [4.69, 9.17) is 4.74 Å². The van der Waals surface area contributed by atoms with Gasteiger partial charge in [0.15, 0.2) is 0 Å². The topological polar surface area (TPSA) is 9.23 Å². The zero-order valence-electron chi connectivity index (χ0n) is 10.8. The summed E-state index contributed by atoms with van der Waals surface area (Å²) in [7, 11) is 0. The summed E-state index contributed by atoms with van der Waals surface area (Å²) in [6.07, 6.45) is 19.5. The van der Waals surface area contributed by atoms with Crippen molar-refractivity contribution in [2.45, 2.75) is 70.6 Å². The van der Waals surface area contributed by atoms with E-state index in [1.165, 1.54) is 64.2 Å². The van der Waals surface area contributed by atoms with E-state index in [0.717, 1.165) is 19.6 Å². The number of allylic oxidation sites excluding steroid dienone is 1. The van der Waals surface area contributed by atoms with Crippen LogP contribution in [0.25, 0.3) is 0 Å². The molecule has 1 heteroatoms. The summed E-state index contributed by atoms with van der Waals surface area (Å²) >= 11 is 0. The lowest BCUT2D eigenvalue weighted by molar-refractivity contribution is 0.134. The minimum atomic E-state index is 0.913. The Hall–Kier alpha value is -0.300. The molecule has 1 rings (SSSR count). The first-order chi connectivity index (χ1) is 8.00. The van der Waals surface area contributed by atoms with E-state index >= 15 is 0 Å². The van der Waals surface area contributed by atoms with Gasteiger partial charge in [-0.3, -0.25) is 0 Å². The molecule has 1 aliphatic rings. The second-order valence-corrected chi connectivity index (χ2v) is 4.84. The molecule has 0 saturated heterocycles. The number of hydrogen-bond donors (Lipinski definition) is 0. The summed E-state index contributed by atoms with van der Waals surface area (Å²) in [6.45, 7) is 1.88. The molecule has 0 aliphatic carbocycles. The third-order valence-electron chi connectivity index (χ3n) is 3.25. The van der Waals surface area contributed by atoms with Gasteiger partial charge in [0, 0.05) is 6.61 Å². The van der Waals surface area contributed by atoms with E-state index < -0.39 is 0 Å². The van der Waals surface area contributed by atoms with Crippen molar-refractivity contribution in [2.24, 2.45) is 0 Å². The molecule has 0 radical (unpaired) electrons. The Morgan fingerprint density at radius 3 is 1.81 bits per heavy atom. The summed E-state index contributed by atoms with van der Waals surface area (Å²) in [5.41, 5.74) is 0. The molecule has 0 amide bonds. The quantitative estimate of drug-likeness (QED) is 0.534. The molecule has 0 N–H and O–H groups in total. The van der Waals surface area contributed by atoms with Crippen LogP contribution in [0.3, 0.4) is 0 Å². The van der Waals surface area contributed by atoms with Gasteiger partial charge in [-0.2, -0.15) is 0 Å². The predicted molar refractivity (Wildman–Crippen MR) is 70.7 cm³/mol. The first kappa shape index (κ1) is 13.8. The molecule has 1 nitrogen and oxygen atoms in total. The highest BCUT2D eigenvalue weighted by molar-refractivity contribution is 4.81. The highest BCUT2D eigenvalue weighted by Gasteiger charge is 1.94. The van der Waals surface area contributed by atoms with Gasteiger partial charge in [0.2, 0.25) is 0 Å². The van der Waals surface area contributed by atoms with Crippen molar-refractivity contribution in [1.82, 2.24) is 0 Å². The average molecular weight is 224 g/mol. The van der Waals surface area contributed by atoms with Crippen LogP contribution in [-0.4, -0.2) is 13.2 Å². The molecule has 0 aromatic heterocycles. The zero-order chi connectivity index (χ0) is 11.3. The maximum atomic E-state index is 5.58. The smallest absolute Gasteiger partial charge is 0.0500 e. The third-order valence-corrected chi connectivity index (χ3v) is 3.25. The summed E-state index contributed by atoms with van der Waals surface area (Å²) in [5, 5.41) is 0. The molecule has 0 aromatic rings. The van der Waals surface area contributed by atoms with Gasteiger partial charge < -0.3 is 4.74 Å². The first-order valence-corrected chi connectivity index (χ1v) is 7.23. The van der Waals surface area contributed by atoms with Crippen molar-refractivity contribution >= 4 is 0 Å². The molecule has 0 spiro atoms. The number of ether oxygens (including phenoxy) is 1. The SMILES string of the molecule is C1=C\CCOCCCCCCCCCCC/1. The monoisotopic (exact) mass is 224 g/mol. The van der Waals surface area contributed by atoms with Crippen LogP contribution in [0.1, 0.15) is 70.6 Å². The summed E-state index contributed by atoms with van der Waals surface area (Å²) in [4.78, 5) is 0. The summed E-state index contributed by atoms with van der Waals surface area (Å²) in [5.74, 6) is 0. The van der Waals surface area contributed by atoms with Crippen molar-refractivity contribution in [1.29, 1.82) is 0 Å². The highest BCUT2D eigenvalue weighted by atomic mass is 16.5. The highest BCUT2D eigenvalue weighted by Crippen LogP contribution is 2.11. The lowest BCUT2D eigenvalue weighted by Gasteiger charge is -2.04. The normalized spacial score (nSPS) is 25.0. The van der Waals surface area contributed by atoms with E-state index in [1.807, 2.05) is 0 Å². The Morgan fingerprint density at radius 1 is 0.500 bits per heavy atom. The van der Waals surface area contributed by atoms with Gasteiger partial charge in [0.25, 0.3) is 0 Å². The standard InChI is InChI=1S/C15H28O/c1-2-4-6-8-10-12-14-16-15-13-11-9-7-5-3-1/h8,10H,1-7,9,11-15H2/b10-8-. The maximum absolute atomic E-state index is 5.58. The van der Waals surface area contributed by atoms with Gasteiger partial charge in [-0.25, -0.2) is 0 Å². The molecule has 0 saturated carbocycles. The molecule has 94 valence electrons. The van der Waals surface area contributed by atoms with Crippen LogP contribution in [-0.2, 0) is 4.74 Å². The molecule has 16 heavy (non-hydrogen) atoms. The van der Waals surface area contributed by atoms with Crippen LogP contribution in [0.4, 0.5) is 0 Å². The van der Waals surface area contributed by atoms with Gasteiger partial charge in [-0.15, -0.1) is 0 Å². The van der Waals surface area contributed by atoms with Gasteiger partial charge in [-0.1, -0.05) is 57.1 Å². The fourth-order valence-corrected chi connectivity index (χ4v) is 2.19. The van der Waals surface area contributed by atoms with E-state index in [1.54, 1.807) is 0 Å². The lowest BCUT2D eigenvalue weighted by atomic mass is 10.1. The minimum absolute atomic E-state index is 0.913. The minimum Gasteiger partial charge on any atom is -0.381 e. The lowest BCUT2D eigenvalue weighted by Crippen LogP contribution is -1.96. The first-order valence-electron chi connectivity index (χ1n) is 7.23. The second kappa shape index (κ2) is 11.2. The fourth-order valence-electron chi connectivity index (χ4n) is 2.19. The Labute approximate surface area is 101 Å². The van der Waals surface area contributed by atoms with E-state index in [0.29, 0.717) is 0 Å². The van der Waals surface area contributed by atoms with Gasteiger partial charge in [-0.05, 0) is 25.7 Å². The number of hydrogen-bond acceptors (Lipinski definition) is 1. The van der Waals surface area contributed by atoms with E-state index in [2.05, 4.69) is 12.2 Å².